The van der Waals surface area contributed by atoms with Gasteiger partial charge in [0.2, 0.25) is 5.91 Å². The van der Waals surface area contributed by atoms with Gasteiger partial charge in [0.25, 0.3) is 5.91 Å². The van der Waals surface area contributed by atoms with Crippen LogP contribution in [0.25, 0.3) is 0 Å². The highest BCUT2D eigenvalue weighted by Crippen LogP contribution is 2.45. The van der Waals surface area contributed by atoms with Gasteiger partial charge < -0.3 is 0 Å². The van der Waals surface area contributed by atoms with Gasteiger partial charge in [-0.05, 0) is 25.0 Å². The Balaban J connectivity index is 2.09. The molecular weight excluding hydrogens is 289 g/mol. The number of imide groups is 2. The standard InChI is InChI=1S/C13H9F3N2O3/c14-6-2-3-7(9(16)8(6)15)18-11(20)13(4-1-5-13)10(19)17-12(18)21/h2-3H,1,4-5H2,(H,17,19,21). The predicted octanol–water partition coefficient (Wildman–Crippen LogP) is 1.86. The third-order valence-corrected chi connectivity index (χ3v) is 3.93. The van der Waals surface area contributed by atoms with E-state index in [1.165, 1.54) is 0 Å². The molecule has 0 aromatic heterocycles. The Hall–Kier alpha value is -2.38. The molecule has 0 atom stereocenters. The van der Waals surface area contributed by atoms with Gasteiger partial charge in [-0.3, -0.25) is 14.9 Å². The van der Waals surface area contributed by atoms with Crippen molar-refractivity contribution in [2.45, 2.75) is 19.3 Å². The smallest absolute Gasteiger partial charge is 0.276 e. The van der Waals surface area contributed by atoms with Crippen LogP contribution in [0.4, 0.5) is 23.7 Å². The zero-order valence-electron chi connectivity index (χ0n) is 10.6. The van der Waals surface area contributed by atoms with Gasteiger partial charge in [0, 0.05) is 0 Å². The fourth-order valence-electron chi connectivity index (χ4n) is 2.55. The molecule has 5 nitrogen and oxygen atoms in total. The van der Waals surface area contributed by atoms with Crippen LogP contribution in [0, 0.1) is 22.9 Å². The predicted molar refractivity (Wildman–Crippen MR) is 63.6 cm³/mol. The van der Waals surface area contributed by atoms with Crippen molar-refractivity contribution in [3.05, 3.63) is 29.6 Å². The number of carbonyl (C=O) groups excluding carboxylic acids is 3. The molecule has 110 valence electrons. The molecule has 1 aromatic carbocycles. The molecule has 1 spiro atoms. The normalized spacial score (nSPS) is 20.5. The lowest BCUT2D eigenvalue weighted by Gasteiger charge is -2.44. The number of urea groups is 1. The van der Waals surface area contributed by atoms with Crippen molar-refractivity contribution in [2.75, 3.05) is 4.90 Å². The van der Waals surface area contributed by atoms with Crippen LogP contribution in [0.3, 0.4) is 0 Å². The van der Waals surface area contributed by atoms with Crippen molar-refractivity contribution in [1.29, 1.82) is 0 Å². The van der Waals surface area contributed by atoms with Crippen molar-refractivity contribution < 1.29 is 27.6 Å². The summed E-state index contributed by atoms with van der Waals surface area (Å²) in [6.45, 7) is 0. The fourth-order valence-corrected chi connectivity index (χ4v) is 2.55. The molecule has 21 heavy (non-hydrogen) atoms. The number of hydrogen-bond donors (Lipinski definition) is 1. The molecule has 1 saturated carbocycles. The Kier molecular flexibility index (Phi) is 2.79. The summed E-state index contributed by atoms with van der Waals surface area (Å²) in [7, 11) is 0. The van der Waals surface area contributed by atoms with E-state index in [-0.39, 0.29) is 12.8 Å². The summed E-state index contributed by atoms with van der Waals surface area (Å²) in [5, 5.41) is 1.96. The van der Waals surface area contributed by atoms with E-state index < -0.39 is 46.4 Å². The Morgan fingerprint density at radius 3 is 2.29 bits per heavy atom. The van der Waals surface area contributed by atoms with Crippen LogP contribution < -0.4 is 10.2 Å². The van der Waals surface area contributed by atoms with E-state index in [0.29, 0.717) is 17.4 Å². The molecule has 0 radical (unpaired) electrons. The van der Waals surface area contributed by atoms with Crippen LogP contribution in [0.5, 0.6) is 0 Å². The van der Waals surface area contributed by atoms with Crippen molar-refractivity contribution in [3.63, 3.8) is 0 Å². The van der Waals surface area contributed by atoms with Crippen LogP contribution in [0.2, 0.25) is 0 Å². The van der Waals surface area contributed by atoms with Crippen molar-refractivity contribution in [2.24, 2.45) is 5.41 Å². The molecule has 0 unspecified atom stereocenters. The second-order valence-electron chi connectivity index (χ2n) is 5.03. The molecular formula is C13H9F3N2O3. The lowest BCUT2D eigenvalue weighted by Crippen LogP contribution is -2.66. The number of amides is 4. The van der Waals surface area contributed by atoms with Gasteiger partial charge >= 0.3 is 6.03 Å². The maximum absolute atomic E-state index is 13.8. The van der Waals surface area contributed by atoms with Gasteiger partial charge in [0.1, 0.15) is 5.41 Å². The molecule has 0 bridgehead atoms. The first-order chi connectivity index (χ1) is 9.88. The van der Waals surface area contributed by atoms with Gasteiger partial charge in [0.15, 0.2) is 17.5 Å². The monoisotopic (exact) mass is 298 g/mol. The quantitative estimate of drug-likeness (QED) is 0.635. The summed E-state index contributed by atoms with van der Waals surface area (Å²) in [6, 6.07) is 0.221. The van der Waals surface area contributed by atoms with E-state index >= 15 is 0 Å². The minimum Gasteiger partial charge on any atom is -0.276 e. The summed E-state index contributed by atoms with van der Waals surface area (Å²) < 4.78 is 40.0. The first kappa shape index (κ1) is 13.6. The van der Waals surface area contributed by atoms with E-state index in [1.807, 2.05) is 5.32 Å². The van der Waals surface area contributed by atoms with Gasteiger partial charge in [-0.2, -0.15) is 0 Å². The van der Waals surface area contributed by atoms with E-state index in [9.17, 15) is 27.6 Å². The summed E-state index contributed by atoms with van der Waals surface area (Å²) in [5.41, 5.74) is -2.12. The van der Waals surface area contributed by atoms with Crippen LogP contribution in [0.1, 0.15) is 19.3 Å². The highest BCUT2D eigenvalue weighted by atomic mass is 19.2. The van der Waals surface area contributed by atoms with Gasteiger partial charge in [-0.25, -0.2) is 22.9 Å². The molecule has 8 heteroatoms. The molecule has 3 rings (SSSR count). The fraction of sp³-hybridized carbons (Fsp3) is 0.308. The minimum atomic E-state index is -1.78. The number of anilines is 1. The third kappa shape index (κ3) is 1.68. The van der Waals surface area contributed by atoms with Crippen molar-refractivity contribution >= 4 is 23.5 Å². The van der Waals surface area contributed by atoms with E-state index in [0.717, 1.165) is 6.07 Å². The zero-order chi connectivity index (χ0) is 15.4. The molecule has 1 aliphatic heterocycles. The average molecular weight is 298 g/mol. The lowest BCUT2D eigenvalue weighted by atomic mass is 9.66. The largest absolute Gasteiger partial charge is 0.335 e. The average Bonchev–Trinajstić information content (AvgIpc) is 2.36. The van der Waals surface area contributed by atoms with Gasteiger partial charge in [0.05, 0.1) is 5.69 Å². The molecule has 1 saturated heterocycles. The Bertz CT molecular complexity index is 685. The first-order valence-electron chi connectivity index (χ1n) is 6.22. The zero-order valence-corrected chi connectivity index (χ0v) is 10.6. The summed E-state index contributed by atoms with van der Waals surface area (Å²) in [4.78, 5) is 36.3. The summed E-state index contributed by atoms with van der Waals surface area (Å²) >= 11 is 0. The van der Waals surface area contributed by atoms with Crippen LogP contribution in [0.15, 0.2) is 12.1 Å². The van der Waals surface area contributed by atoms with Gasteiger partial charge in [-0.15, -0.1) is 0 Å². The molecule has 2 aliphatic rings. The number of hydrogen-bond acceptors (Lipinski definition) is 3. The molecule has 1 aromatic rings. The topological polar surface area (TPSA) is 66.5 Å². The van der Waals surface area contributed by atoms with Crippen LogP contribution in [-0.2, 0) is 9.59 Å². The molecule has 1 aliphatic carbocycles. The maximum atomic E-state index is 13.8. The third-order valence-electron chi connectivity index (χ3n) is 3.93. The van der Waals surface area contributed by atoms with Crippen LogP contribution in [-0.4, -0.2) is 17.8 Å². The minimum absolute atomic E-state index is 0.229. The van der Waals surface area contributed by atoms with Crippen molar-refractivity contribution in [3.8, 4) is 0 Å². The number of barbiturate groups is 1. The summed E-state index contributed by atoms with van der Waals surface area (Å²) in [5.74, 6) is -6.51. The number of nitrogens with zero attached hydrogens (tertiary/aromatic N) is 1. The Morgan fingerprint density at radius 2 is 1.71 bits per heavy atom. The molecule has 1 N–H and O–H groups in total. The second-order valence-corrected chi connectivity index (χ2v) is 5.03. The second kappa shape index (κ2) is 4.31. The van der Waals surface area contributed by atoms with Crippen LogP contribution >= 0.6 is 0 Å². The highest BCUT2D eigenvalue weighted by molar-refractivity contribution is 6.30. The molecule has 1 heterocycles. The summed E-state index contributed by atoms with van der Waals surface area (Å²) in [6.07, 6.45) is 1.07. The number of nitrogens with one attached hydrogen (secondary N) is 1. The molecule has 4 amide bonds. The molecule has 2 fully saturated rings. The van der Waals surface area contributed by atoms with Crippen molar-refractivity contribution in [1.82, 2.24) is 5.32 Å². The highest BCUT2D eigenvalue weighted by Gasteiger charge is 2.58. The van der Waals surface area contributed by atoms with E-state index in [2.05, 4.69) is 0 Å². The number of carbonyl (C=O) groups is 3. The SMILES string of the molecule is O=C1NC(=O)C2(CCC2)C(=O)N1c1ccc(F)c(F)c1F. The first-order valence-corrected chi connectivity index (χ1v) is 6.22. The lowest BCUT2D eigenvalue weighted by molar-refractivity contribution is -0.148. The number of rotatable bonds is 1. The van der Waals surface area contributed by atoms with Gasteiger partial charge in [-0.1, -0.05) is 6.42 Å². The van der Waals surface area contributed by atoms with E-state index in [1.54, 1.807) is 0 Å². The Morgan fingerprint density at radius 1 is 1.05 bits per heavy atom. The number of benzene rings is 1. The van der Waals surface area contributed by atoms with E-state index in [4.69, 9.17) is 0 Å². The maximum Gasteiger partial charge on any atom is 0.335 e. The Labute approximate surface area is 116 Å². The number of halogens is 3.